The van der Waals surface area contributed by atoms with Gasteiger partial charge in [0.25, 0.3) is 0 Å². The Labute approximate surface area is 273 Å². The fraction of sp³-hybridized carbons (Fsp3) is 0.462. The average molecular weight is 626 g/mol. The summed E-state index contributed by atoms with van der Waals surface area (Å²) in [6.45, 7) is 14.5. The largest absolute Gasteiger partial charge is 0.494 e. The van der Waals surface area contributed by atoms with Crippen LogP contribution in [0, 0.1) is 23.6 Å². The van der Waals surface area contributed by atoms with Crippen LogP contribution in [0.3, 0.4) is 0 Å². The first-order chi connectivity index (χ1) is 22.1. The van der Waals surface area contributed by atoms with Gasteiger partial charge in [-0.05, 0) is 99.7 Å². The Bertz CT molecular complexity index is 1600. The summed E-state index contributed by atoms with van der Waals surface area (Å²) in [6, 6.07) is 22.4. The summed E-state index contributed by atoms with van der Waals surface area (Å²) >= 11 is 0. The number of ether oxygens (including phenoxy) is 2. The smallest absolute Gasteiger partial charge is 0.133 e. The lowest BCUT2D eigenvalue weighted by atomic mass is 9.81. The van der Waals surface area contributed by atoms with E-state index < -0.39 is 6.10 Å². The second kappa shape index (κ2) is 13.2. The number of fused-ring (bicyclic) bond motifs is 2. The van der Waals surface area contributed by atoms with Crippen LogP contribution in [-0.4, -0.2) is 41.7 Å². The summed E-state index contributed by atoms with van der Waals surface area (Å²) in [7, 11) is 0. The Morgan fingerprint density at radius 1 is 1.04 bits per heavy atom. The number of para-hydroxylation sites is 1. The fourth-order valence-electron chi connectivity index (χ4n) is 7.42. The van der Waals surface area contributed by atoms with E-state index in [1.807, 2.05) is 44.2 Å². The van der Waals surface area contributed by atoms with Gasteiger partial charge in [-0.3, -0.25) is 4.99 Å². The van der Waals surface area contributed by atoms with Crippen LogP contribution in [-0.2, 0) is 0 Å². The highest BCUT2D eigenvalue weighted by atomic mass is 19.1. The van der Waals surface area contributed by atoms with Crippen molar-refractivity contribution in [1.82, 2.24) is 10.6 Å². The summed E-state index contributed by atoms with van der Waals surface area (Å²) in [4.78, 5) is 5.19. The van der Waals surface area contributed by atoms with Crippen LogP contribution in [0.2, 0.25) is 0 Å². The zero-order chi connectivity index (χ0) is 32.6. The molecule has 0 saturated heterocycles. The number of hydrogen-bond acceptors (Lipinski definition) is 6. The minimum Gasteiger partial charge on any atom is -0.494 e. The van der Waals surface area contributed by atoms with E-state index in [2.05, 4.69) is 62.6 Å². The molecule has 2 heterocycles. The van der Waals surface area contributed by atoms with Crippen LogP contribution in [0.25, 0.3) is 5.57 Å². The van der Waals surface area contributed by atoms with Gasteiger partial charge >= 0.3 is 0 Å². The normalized spacial score (nSPS) is 25.3. The van der Waals surface area contributed by atoms with E-state index in [9.17, 15) is 9.50 Å². The van der Waals surface area contributed by atoms with Crippen LogP contribution in [0.1, 0.15) is 83.1 Å². The molecule has 2 aliphatic heterocycles. The van der Waals surface area contributed by atoms with Crippen LogP contribution in [0.15, 0.2) is 83.5 Å². The summed E-state index contributed by atoms with van der Waals surface area (Å²) in [5, 5.41) is 19.4. The molecule has 7 unspecified atom stereocenters. The van der Waals surface area contributed by atoms with Crippen molar-refractivity contribution in [3.63, 3.8) is 0 Å². The van der Waals surface area contributed by atoms with Gasteiger partial charge < -0.3 is 25.2 Å². The van der Waals surface area contributed by atoms with Gasteiger partial charge in [-0.1, -0.05) is 56.3 Å². The van der Waals surface area contributed by atoms with E-state index in [-0.39, 0.29) is 29.2 Å². The van der Waals surface area contributed by atoms with E-state index >= 15 is 0 Å². The van der Waals surface area contributed by atoms with Crippen molar-refractivity contribution < 1.29 is 19.0 Å². The van der Waals surface area contributed by atoms with Gasteiger partial charge in [0.1, 0.15) is 35.0 Å². The van der Waals surface area contributed by atoms with Crippen LogP contribution in [0.5, 0.6) is 11.5 Å². The number of nitrogens with zero attached hydrogens (tertiary/aromatic N) is 1. The lowest BCUT2D eigenvalue weighted by Gasteiger charge is -2.34. The van der Waals surface area contributed by atoms with Crippen LogP contribution >= 0.6 is 0 Å². The first kappa shape index (κ1) is 32.3. The van der Waals surface area contributed by atoms with E-state index in [0.29, 0.717) is 52.7 Å². The molecule has 0 bridgehead atoms. The second-order valence-corrected chi connectivity index (χ2v) is 13.7. The van der Waals surface area contributed by atoms with E-state index in [4.69, 9.17) is 14.5 Å². The topological polar surface area (TPSA) is 75.1 Å². The molecule has 6 nitrogen and oxygen atoms in total. The standard InChI is InChI=1S/C39H48FN3O3/c1-7-39(5,6)43-35-30-20-21-41-38(32(34(30)35)23(3)25-16-18-28(19-17-25)45-8-2)42-24(4)37-33(26-12-11-13-27(40)22-26)36(44)29-14-9-10-15-31(29)46-37/h9-19,22-24,30,32,34-36,43-44H,7-8,20-21H2,1-6H3,(H,41,42). The monoisotopic (exact) mass is 625 g/mol. The Morgan fingerprint density at radius 3 is 2.52 bits per heavy atom. The maximum absolute atomic E-state index is 14.5. The zero-order valence-electron chi connectivity index (χ0n) is 27.9. The molecule has 0 radical (unpaired) electrons. The molecule has 3 aliphatic rings. The molecular weight excluding hydrogens is 577 g/mol. The van der Waals surface area contributed by atoms with Gasteiger partial charge in [0.15, 0.2) is 0 Å². The number of amidine groups is 1. The maximum Gasteiger partial charge on any atom is 0.133 e. The Kier molecular flexibility index (Phi) is 9.26. The number of benzene rings is 3. The quantitative estimate of drug-likeness (QED) is 0.216. The van der Waals surface area contributed by atoms with Gasteiger partial charge in [-0.2, -0.15) is 0 Å². The molecule has 3 aromatic carbocycles. The van der Waals surface area contributed by atoms with Gasteiger partial charge in [-0.15, -0.1) is 0 Å². The minimum atomic E-state index is -0.960. The molecule has 1 aliphatic carbocycles. The minimum absolute atomic E-state index is 0.0476. The Morgan fingerprint density at radius 2 is 1.80 bits per heavy atom. The average Bonchev–Trinajstić information content (AvgIpc) is 3.74. The van der Waals surface area contributed by atoms with Gasteiger partial charge in [0, 0.05) is 35.2 Å². The number of halogens is 1. The summed E-state index contributed by atoms with van der Waals surface area (Å²) < 4.78 is 26.8. The predicted molar refractivity (Wildman–Crippen MR) is 183 cm³/mol. The van der Waals surface area contributed by atoms with Crippen LogP contribution in [0.4, 0.5) is 4.39 Å². The molecule has 0 amide bonds. The molecule has 3 N–H and O–H groups in total. The highest BCUT2D eigenvalue weighted by Crippen LogP contribution is 2.54. The first-order valence-corrected chi connectivity index (χ1v) is 16.9. The number of aliphatic imine (C=N–C) groups is 1. The third-order valence-electron chi connectivity index (χ3n) is 10.3. The van der Waals surface area contributed by atoms with Gasteiger partial charge in [0.05, 0.1) is 12.6 Å². The van der Waals surface area contributed by atoms with Gasteiger partial charge in [-0.25, -0.2) is 4.39 Å². The highest BCUT2D eigenvalue weighted by molar-refractivity contribution is 5.88. The molecule has 0 aromatic heterocycles. The molecule has 1 fully saturated rings. The van der Waals surface area contributed by atoms with Crippen molar-refractivity contribution in [2.45, 2.75) is 84.0 Å². The fourth-order valence-corrected chi connectivity index (χ4v) is 7.42. The number of aliphatic hydroxyl groups is 1. The highest BCUT2D eigenvalue weighted by Gasteiger charge is 2.58. The number of rotatable bonds is 10. The van der Waals surface area contributed by atoms with Crippen molar-refractivity contribution >= 4 is 11.4 Å². The SMILES string of the molecule is CCOc1ccc(C(C)C2C(NC(C)C3=C(c4cccc(F)c4)C(O)c4ccccc4O3)=NCCC3C(NC(C)(C)CC)C32)cc1. The summed E-state index contributed by atoms with van der Waals surface area (Å²) in [5.74, 6) is 3.94. The maximum atomic E-state index is 14.5. The molecule has 46 heavy (non-hydrogen) atoms. The van der Waals surface area contributed by atoms with Crippen LogP contribution < -0.4 is 20.1 Å². The van der Waals surface area contributed by atoms with Crippen molar-refractivity contribution in [2.75, 3.05) is 13.2 Å². The summed E-state index contributed by atoms with van der Waals surface area (Å²) in [5.41, 5.74) is 3.12. The Hall–Kier alpha value is -3.68. The van der Waals surface area contributed by atoms with E-state index in [1.165, 1.54) is 17.7 Å². The van der Waals surface area contributed by atoms with Gasteiger partial charge in [0.2, 0.25) is 0 Å². The second-order valence-electron chi connectivity index (χ2n) is 13.7. The van der Waals surface area contributed by atoms with E-state index in [1.54, 1.807) is 6.07 Å². The van der Waals surface area contributed by atoms with Crippen molar-refractivity contribution in [3.05, 3.63) is 101 Å². The molecule has 7 heteroatoms. The number of hydrogen-bond donors (Lipinski definition) is 3. The number of aliphatic hydroxyl groups excluding tert-OH is 1. The molecule has 6 rings (SSSR count). The molecule has 244 valence electrons. The van der Waals surface area contributed by atoms with Crippen molar-refractivity contribution in [2.24, 2.45) is 22.7 Å². The third-order valence-corrected chi connectivity index (χ3v) is 10.3. The predicted octanol–water partition coefficient (Wildman–Crippen LogP) is 7.65. The van der Waals surface area contributed by atoms with Crippen molar-refractivity contribution in [1.29, 1.82) is 0 Å². The first-order valence-electron chi connectivity index (χ1n) is 16.9. The number of nitrogens with one attached hydrogen (secondary N) is 2. The molecule has 7 atom stereocenters. The molecule has 3 aromatic rings. The molecular formula is C39H48FN3O3. The molecule has 1 saturated carbocycles. The lowest BCUT2D eigenvalue weighted by molar-refractivity contribution is 0.214. The third kappa shape index (κ3) is 6.45. The zero-order valence-corrected chi connectivity index (χ0v) is 27.9. The van der Waals surface area contributed by atoms with Crippen molar-refractivity contribution in [3.8, 4) is 11.5 Å². The Balaban J connectivity index is 1.36. The molecule has 0 spiro atoms. The lowest BCUT2D eigenvalue weighted by Crippen LogP contribution is -2.45. The van der Waals surface area contributed by atoms with E-state index in [0.717, 1.165) is 31.0 Å². The summed E-state index contributed by atoms with van der Waals surface area (Å²) in [6.07, 6.45) is 1.13.